The number of benzene rings is 3. The Morgan fingerprint density at radius 3 is 1.92 bits per heavy atom. The molecule has 0 aromatic heterocycles. The molecule has 0 fully saturated rings. The van der Waals surface area contributed by atoms with Crippen LogP contribution in [0.3, 0.4) is 0 Å². The lowest BCUT2D eigenvalue weighted by molar-refractivity contribution is -0.132. The van der Waals surface area contributed by atoms with Crippen molar-refractivity contribution in [3.8, 4) is 5.75 Å². The molecule has 0 saturated carbocycles. The Hall–Kier alpha value is -5.63. The molecule has 3 rings (SSSR count). The number of alkyl carbamates (subject to hydrolysis) is 1. The number of nitrogens with zero attached hydrogens (tertiary/aromatic N) is 1. The average molecular weight is 675 g/mol. The van der Waals surface area contributed by atoms with E-state index >= 15 is 0 Å². The van der Waals surface area contributed by atoms with E-state index in [1.165, 1.54) is 12.1 Å². The number of nitrogens with two attached hydrogens (primary N) is 3. The van der Waals surface area contributed by atoms with Gasteiger partial charge in [-0.3, -0.25) is 19.4 Å². The van der Waals surface area contributed by atoms with Crippen LogP contribution in [0, 0.1) is 0 Å². The summed E-state index contributed by atoms with van der Waals surface area (Å²) in [6.45, 7) is 0.613. The van der Waals surface area contributed by atoms with Crippen LogP contribution in [0.1, 0.15) is 43.2 Å². The third-order valence-electron chi connectivity index (χ3n) is 7.40. The van der Waals surface area contributed by atoms with Crippen molar-refractivity contribution in [2.24, 2.45) is 22.2 Å². The quantitative estimate of drug-likeness (QED) is 0.0527. The molecule has 14 heteroatoms. The number of hydrogen-bond donors (Lipinski definition) is 8. The van der Waals surface area contributed by atoms with Crippen molar-refractivity contribution in [1.82, 2.24) is 16.0 Å². The van der Waals surface area contributed by atoms with Gasteiger partial charge >= 0.3 is 6.09 Å². The predicted molar refractivity (Wildman–Crippen MR) is 187 cm³/mol. The third-order valence-corrected chi connectivity index (χ3v) is 7.40. The number of nitrogens with one attached hydrogen (secondary N) is 4. The number of aliphatic imine (C=N–C) groups is 1. The van der Waals surface area contributed by atoms with Crippen molar-refractivity contribution >= 4 is 35.5 Å². The normalized spacial score (nSPS) is 12.4. The van der Waals surface area contributed by atoms with Gasteiger partial charge in [0.2, 0.25) is 17.7 Å². The van der Waals surface area contributed by atoms with Gasteiger partial charge in [-0.2, -0.15) is 0 Å². The second-order valence-electron chi connectivity index (χ2n) is 11.3. The van der Waals surface area contributed by atoms with Crippen LogP contribution in [0.5, 0.6) is 5.75 Å². The van der Waals surface area contributed by atoms with Crippen LogP contribution in [0.4, 0.5) is 10.5 Å². The summed E-state index contributed by atoms with van der Waals surface area (Å²) in [5.41, 5.74) is 18.5. The van der Waals surface area contributed by atoms with Crippen molar-refractivity contribution < 1.29 is 29.0 Å². The summed E-state index contributed by atoms with van der Waals surface area (Å²) in [5, 5.41) is 20.7. The zero-order chi connectivity index (χ0) is 35.4. The van der Waals surface area contributed by atoms with Gasteiger partial charge in [0, 0.05) is 18.7 Å². The van der Waals surface area contributed by atoms with Crippen molar-refractivity contribution in [3.05, 3.63) is 96.1 Å². The van der Waals surface area contributed by atoms with E-state index in [9.17, 15) is 24.3 Å². The fourth-order valence-corrected chi connectivity index (χ4v) is 4.81. The molecule has 3 aromatic rings. The summed E-state index contributed by atoms with van der Waals surface area (Å²) in [7, 11) is 0. The lowest BCUT2D eigenvalue weighted by Crippen LogP contribution is -2.56. The fourth-order valence-electron chi connectivity index (χ4n) is 4.81. The Kier molecular flexibility index (Phi) is 15.9. The molecule has 0 aliphatic rings. The summed E-state index contributed by atoms with van der Waals surface area (Å²) in [5.74, 6) is -1.73. The maximum atomic E-state index is 13.8. The van der Waals surface area contributed by atoms with Crippen LogP contribution in [0.2, 0.25) is 0 Å². The molecule has 49 heavy (non-hydrogen) atoms. The van der Waals surface area contributed by atoms with Crippen molar-refractivity contribution in [2.45, 2.75) is 63.3 Å². The van der Waals surface area contributed by atoms with Gasteiger partial charge in [0.25, 0.3) is 0 Å². The number of ether oxygens (including phenoxy) is 1. The molecule has 0 unspecified atom stereocenters. The highest BCUT2D eigenvalue weighted by molar-refractivity contribution is 5.98. The number of hydrogen-bond acceptors (Lipinski definition) is 8. The molecule has 0 aliphatic heterocycles. The minimum Gasteiger partial charge on any atom is -0.508 e. The number of amides is 4. The van der Waals surface area contributed by atoms with Gasteiger partial charge in [0.05, 0.1) is 0 Å². The van der Waals surface area contributed by atoms with Crippen LogP contribution in [-0.4, -0.2) is 66.1 Å². The maximum absolute atomic E-state index is 13.8. The van der Waals surface area contributed by atoms with Gasteiger partial charge in [-0.15, -0.1) is 0 Å². The van der Waals surface area contributed by atoms with E-state index in [1.807, 2.05) is 24.3 Å². The average Bonchev–Trinajstić information content (AvgIpc) is 3.09. The first kappa shape index (κ1) is 37.8. The Labute approximate surface area is 285 Å². The molecule has 11 N–H and O–H groups in total. The van der Waals surface area contributed by atoms with Crippen LogP contribution < -0.4 is 38.5 Å². The number of rotatable bonds is 19. The maximum Gasteiger partial charge on any atom is 0.408 e. The summed E-state index contributed by atoms with van der Waals surface area (Å²) in [6.07, 6.45) is 1.14. The first-order valence-corrected chi connectivity index (χ1v) is 16.1. The van der Waals surface area contributed by atoms with Gasteiger partial charge in [0.1, 0.15) is 30.5 Å². The van der Waals surface area contributed by atoms with Crippen molar-refractivity contribution in [1.29, 1.82) is 0 Å². The van der Waals surface area contributed by atoms with E-state index < -0.39 is 41.9 Å². The Balaban J connectivity index is 1.77. The largest absolute Gasteiger partial charge is 0.508 e. The number of carbonyl (C=O) groups excluding carboxylic acids is 4. The lowest BCUT2D eigenvalue weighted by atomic mass is 10.0. The minimum absolute atomic E-state index is 0.0139. The molecule has 14 nitrogen and oxygen atoms in total. The number of aromatic hydroxyl groups is 1. The van der Waals surface area contributed by atoms with Gasteiger partial charge in [-0.05, 0) is 74.0 Å². The van der Waals surface area contributed by atoms with Crippen molar-refractivity contribution in [3.63, 3.8) is 0 Å². The zero-order valence-electron chi connectivity index (χ0n) is 27.3. The zero-order valence-corrected chi connectivity index (χ0v) is 27.3. The third kappa shape index (κ3) is 14.3. The summed E-state index contributed by atoms with van der Waals surface area (Å²) in [6, 6.07) is 20.8. The molecule has 0 aliphatic carbocycles. The summed E-state index contributed by atoms with van der Waals surface area (Å²) < 4.78 is 5.35. The van der Waals surface area contributed by atoms with Gasteiger partial charge in [0.15, 0.2) is 5.96 Å². The number of phenols is 1. The second kappa shape index (κ2) is 20.6. The molecule has 4 amide bonds. The molecule has 0 bridgehead atoms. The number of unbranched alkanes of at least 4 members (excludes halogenated alkanes) is 1. The van der Waals surface area contributed by atoms with E-state index in [1.54, 1.807) is 48.5 Å². The lowest BCUT2D eigenvalue weighted by Gasteiger charge is -2.25. The minimum atomic E-state index is -1.14. The predicted octanol–water partition coefficient (Wildman–Crippen LogP) is 2.02. The van der Waals surface area contributed by atoms with Crippen LogP contribution >= 0.6 is 0 Å². The smallest absolute Gasteiger partial charge is 0.408 e. The number of para-hydroxylation sites is 1. The first-order valence-electron chi connectivity index (χ1n) is 16.1. The molecule has 3 aromatic carbocycles. The topological polar surface area (TPSA) is 236 Å². The Morgan fingerprint density at radius 2 is 1.29 bits per heavy atom. The van der Waals surface area contributed by atoms with Crippen LogP contribution in [0.15, 0.2) is 89.9 Å². The Morgan fingerprint density at radius 1 is 0.694 bits per heavy atom. The molecule has 0 spiro atoms. The summed E-state index contributed by atoms with van der Waals surface area (Å²) in [4.78, 5) is 57.6. The molecule has 262 valence electrons. The molecular formula is C35H46N8O6. The number of phenolic OH excluding ortho intramolecular Hbond substituents is 1. The molecule has 0 radical (unpaired) electrons. The SMILES string of the molecule is NCCCC[C@H](NC(=O)[C@H](Cc1ccc(O)cc1)NC(=O)OCc1ccccc1)C(=O)N[C@@H](CCCN=C(N)N)C(=O)Nc1ccccc1. The van der Waals surface area contributed by atoms with Gasteiger partial charge in [-0.25, -0.2) is 4.79 Å². The molecule has 0 saturated heterocycles. The van der Waals surface area contributed by atoms with Crippen LogP contribution in [-0.2, 0) is 32.1 Å². The number of anilines is 1. The van der Waals surface area contributed by atoms with E-state index in [2.05, 4.69) is 26.3 Å². The number of carbonyl (C=O) groups is 4. The highest BCUT2D eigenvalue weighted by atomic mass is 16.5. The molecule has 3 atom stereocenters. The fraction of sp³-hybridized carbons (Fsp3) is 0.343. The highest BCUT2D eigenvalue weighted by Crippen LogP contribution is 2.13. The standard InChI is InChI=1S/C35H46N8O6/c36-20-8-7-14-28(32(46)41-29(15-9-21-39-34(37)38)31(45)40-26-12-5-2-6-13-26)42-33(47)30(22-24-16-18-27(44)19-17-24)43-35(48)49-23-25-10-3-1-4-11-25/h1-6,10-13,16-19,28-30,44H,7-9,14-15,20-23,36H2,(H,40,45)(H,41,46)(H,42,47)(H,43,48)(H4,37,38,39)/t28-,29-,30-/m0/s1. The highest BCUT2D eigenvalue weighted by Gasteiger charge is 2.30. The molecular weight excluding hydrogens is 628 g/mol. The van der Waals surface area contributed by atoms with E-state index in [-0.39, 0.29) is 44.1 Å². The van der Waals surface area contributed by atoms with E-state index in [0.717, 1.165) is 5.56 Å². The monoisotopic (exact) mass is 674 g/mol. The first-order chi connectivity index (χ1) is 23.6. The van der Waals surface area contributed by atoms with Crippen LogP contribution in [0.25, 0.3) is 0 Å². The van der Waals surface area contributed by atoms with E-state index in [4.69, 9.17) is 21.9 Å². The van der Waals surface area contributed by atoms with E-state index in [0.29, 0.717) is 37.1 Å². The molecule has 0 heterocycles. The van der Waals surface area contributed by atoms with Crippen molar-refractivity contribution in [2.75, 3.05) is 18.4 Å². The second-order valence-corrected chi connectivity index (χ2v) is 11.3. The van der Waals surface area contributed by atoms with Gasteiger partial charge in [-0.1, -0.05) is 60.7 Å². The Bertz CT molecular complexity index is 1500. The number of guanidine groups is 1. The van der Waals surface area contributed by atoms with Gasteiger partial charge < -0.3 is 48.3 Å². The summed E-state index contributed by atoms with van der Waals surface area (Å²) >= 11 is 0.